The van der Waals surface area contributed by atoms with E-state index in [9.17, 15) is 19.4 Å². The second-order valence-electron chi connectivity index (χ2n) is 8.47. The third kappa shape index (κ3) is 7.04. The highest BCUT2D eigenvalue weighted by molar-refractivity contribution is 5.79. The highest BCUT2D eigenvalue weighted by Gasteiger charge is 2.17. The summed E-state index contributed by atoms with van der Waals surface area (Å²) in [5.41, 5.74) is 4.24. The van der Waals surface area contributed by atoms with Crippen LogP contribution in [0.5, 0.6) is 5.75 Å². The molecule has 0 radical (unpaired) electrons. The number of aliphatic carboxylic acids is 1. The Morgan fingerprint density at radius 2 is 1.88 bits per heavy atom. The summed E-state index contributed by atoms with van der Waals surface area (Å²) < 4.78 is 24.7. The van der Waals surface area contributed by atoms with Crippen molar-refractivity contribution in [3.05, 3.63) is 83.6 Å². The van der Waals surface area contributed by atoms with Crippen LogP contribution in [0.15, 0.2) is 65.5 Å². The fourth-order valence-electron chi connectivity index (χ4n) is 3.65. The van der Waals surface area contributed by atoms with Crippen LogP contribution in [-0.4, -0.2) is 33.5 Å². The number of hydrogen-bond donors (Lipinski definition) is 3. The first-order valence-corrected chi connectivity index (χ1v) is 11.1. The Bertz CT molecular complexity index is 1100. The number of aliphatic hydroxyl groups excluding tert-OH is 2. The second-order valence-corrected chi connectivity index (χ2v) is 8.47. The summed E-state index contributed by atoms with van der Waals surface area (Å²) in [7, 11) is 0. The van der Waals surface area contributed by atoms with Gasteiger partial charge in [-0.3, -0.25) is 4.79 Å². The summed E-state index contributed by atoms with van der Waals surface area (Å²) >= 11 is 0. The van der Waals surface area contributed by atoms with Gasteiger partial charge in [0, 0.05) is 12.0 Å². The Morgan fingerprint density at radius 1 is 1.15 bits per heavy atom. The first kappa shape index (κ1) is 25.2. The van der Waals surface area contributed by atoms with E-state index < -0.39 is 24.6 Å². The third-order valence-corrected chi connectivity index (χ3v) is 5.36. The minimum absolute atomic E-state index is 0.0996. The standard InChI is InChI=1S/C27H29FO6/c1-17(2)25-13-23(34-16-18-9-10-33-15-18)14-26(19-3-5-20(28)6-4-19)24(25)8-7-21(29)11-22(30)12-27(31)32/h3-10,13-15,17,21-22,29-30H,11-12,16H2,1-2H3,(H,31,32)/b8-7+. The molecule has 0 saturated carbocycles. The molecule has 1 heterocycles. The number of furan rings is 1. The van der Waals surface area contributed by atoms with Crippen molar-refractivity contribution in [1.82, 2.24) is 0 Å². The summed E-state index contributed by atoms with van der Waals surface area (Å²) in [5, 5.41) is 29.0. The van der Waals surface area contributed by atoms with E-state index in [1.165, 1.54) is 18.2 Å². The number of carboxylic acid groups (broad SMARTS) is 1. The zero-order valence-electron chi connectivity index (χ0n) is 19.1. The van der Waals surface area contributed by atoms with Gasteiger partial charge in [0.2, 0.25) is 0 Å². The van der Waals surface area contributed by atoms with E-state index in [0.717, 1.165) is 27.8 Å². The van der Waals surface area contributed by atoms with Gasteiger partial charge in [-0.25, -0.2) is 4.39 Å². The molecule has 0 fully saturated rings. The highest BCUT2D eigenvalue weighted by Crippen LogP contribution is 2.36. The van der Waals surface area contributed by atoms with Gasteiger partial charge in [0.05, 0.1) is 31.2 Å². The average Bonchev–Trinajstić information content (AvgIpc) is 3.29. The van der Waals surface area contributed by atoms with Crippen molar-refractivity contribution in [3.63, 3.8) is 0 Å². The quantitative estimate of drug-likeness (QED) is 0.349. The number of benzene rings is 2. The number of hydrogen-bond acceptors (Lipinski definition) is 5. The van der Waals surface area contributed by atoms with Crippen LogP contribution in [0.4, 0.5) is 4.39 Å². The molecular weight excluding hydrogens is 439 g/mol. The van der Waals surface area contributed by atoms with Gasteiger partial charge in [-0.05, 0) is 58.5 Å². The summed E-state index contributed by atoms with van der Waals surface area (Å²) in [6, 6.07) is 11.7. The Kier molecular flexibility index (Phi) is 8.62. The molecule has 34 heavy (non-hydrogen) atoms. The van der Waals surface area contributed by atoms with Crippen molar-refractivity contribution in [1.29, 1.82) is 0 Å². The maximum atomic E-state index is 13.6. The minimum atomic E-state index is -1.16. The fourth-order valence-corrected chi connectivity index (χ4v) is 3.65. The van der Waals surface area contributed by atoms with Gasteiger partial charge in [0.1, 0.15) is 18.2 Å². The van der Waals surface area contributed by atoms with Gasteiger partial charge in [-0.15, -0.1) is 0 Å². The Balaban J connectivity index is 1.97. The van der Waals surface area contributed by atoms with E-state index in [2.05, 4.69) is 0 Å². The van der Waals surface area contributed by atoms with Crippen LogP contribution in [0.25, 0.3) is 17.2 Å². The van der Waals surface area contributed by atoms with Crippen molar-refractivity contribution < 1.29 is 33.7 Å². The molecule has 3 N–H and O–H groups in total. The van der Waals surface area contributed by atoms with E-state index in [-0.39, 0.29) is 18.2 Å². The van der Waals surface area contributed by atoms with Crippen LogP contribution < -0.4 is 4.74 Å². The van der Waals surface area contributed by atoms with Gasteiger partial charge in [0.25, 0.3) is 0 Å². The number of carbonyl (C=O) groups is 1. The van der Waals surface area contributed by atoms with E-state index in [0.29, 0.717) is 12.4 Å². The van der Waals surface area contributed by atoms with Crippen molar-refractivity contribution in [2.75, 3.05) is 0 Å². The minimum Gasteiger partial charge on any atom is -0.489 e. The monoisotopic (exact) mass is 468 g/mol. The van der Waals surface area contributed by atoms with Gasteiger partial charge in [0.15, 0.2) is 0 Å². The van der Waals surface area contributed by atoms with Gasteiger partial charge in [-0.2, -0.15) is 0 Å². The van der Waals surface area contributed by atoms with Crippen LogP contribution in [0.3, 0.4) is 0 Å². The van der Waals surface area contributed by atoms with Gasteiger partial charge < -0.3 is 24.5 Å². The molecule has 0 aliphatic rings. The molecule has 180 valence electrons. The van der Waals surface area contributed by atoms with E-state index >= 15 is 0 Å². The lowest BCUT2D eigenvalue weighted by Gasteiger charge is -2.19. The molecule has 1 aromatic heterocycles. The largest absolute Gasteiger partial charge is 0.489 e. The van der Waals surface area contributed by atoms with Gasteiger partial charge in [-0.1, -0.05) is 38.1 Å². The highest BCUT2D eigenvalue weighted by atomic mass is 19.1. The molecule has 2 atom stereocenters. The average molecular weight is 469 g/mol. The molecule has 2 aromatic carbocycles. The maximum absolute atomic E-state index is 13.6. The maximum Gasteiger partial charge on any atom is 0.305 e. The third-order valence-electron chi connectivity index (χ3n) is 5.36. The predicted molar refractivity (Wildman–Crippen MR) is 127 cm³/mol. The van der Waals surface area contributed by atoms with Crippen molar-refractivity contribution in [2.24, 2.45) is 0 Å². The lowest BCUT2D eigenvalue weighted by atomic mass is 9.89. The molecule has 0 bridgehead atoms. The molecule has 0 aliphatic heterocycles. The van der Waals surface area contributed by atoms with Crippen molar-refractivity contribution in [2.45, 2.75) is 51.4 Å². The molecule has 2 unspecified atom stereocenters. The molecule has 3 rings (SSSR count). The van der Waals surface area contributed by atoms with Crippen LogP contribution in [0.1, 0.15) is 49.3 Å². The first-order chi connectivity index (χ1) is 16.2. The molecule has 3 aromatic rings. The lowest BCUT2D eigenvalue weighted by Crippen LogP contribution is -2.19. The lowest BCUT2D eigenvalue weighted by molar-refractivity contribution is -0.139. The predicted octanol–water partition coefficient (Wildman–Crippen LogP) is 5.39. The van der Waals surface area contributed by atoms with Crippen LogP contribution in [0, 0.1) is 5.82 Å². The molecule has 0 aliphatic carbocycles. The van der Waals surface area contributed by atoms with E-state index in [1.807, 2.05) is 32.0 Å². The summed E-state index contributed by atoms with van der Waals surface area (Å²) in [6.45, 7) is 4.40. The number of aliphatic hydroxyl groups is 2. The molecule has 0 amide bonds. The SMILES string of the molecule is CC(C)c1cc(OCc2ccoc2)cc(-c2ccc(F)cc2)c1/C=C/C(O)CC(O)CC(=O)O. The van der Waals surface area contributed by atoms with E-state index in [4.69, 9.17) is 14.3 Å². The van der Waals surface area contributed by atoms with Crippen LogP contribution in [-0.2, 0) is 11.4 Å². The molecule has 0 saturated heterocycles. The Morgan fingerprint density at radius 3 is 2.50 bits per heavy atom. The molecule has 6 nitrogen and oxygen atoms in total. The summed E-state index contributed by atoms with van der Waals surface area (Å²) in [6.07, 6.45) is 3.75. The zero-order chi connectivity index (χ0) is 24.7. The Labute approximate surface area is 197 Å². The summed E-state index contributed by atoms with van der Waals surface area (Å²) in [5.74, 6) is -0.736. The normalized spacial score (nSPS) is 13.4. The number of rotatable bonds is 11. The molecule has 7 heteroatoms. The van der Waals surface area contributed by atoms with Crippen LogP contribution in [0.2, 0.25) is 0 Å². The van der Waals surface area contributed by atoms with E-state index in [1.54, 1.807) is 30.7 Å². The summed E-state index contributed by atoms with van der Waals surface area (Å²) in [4.78, 5) is 10.8. The fraction of sp³-hybridized carbons (Fsp3) is 0.296. The van der Waals surface area contributed by atoms with Crippen molar-refractivity contribution >= 4 is 12.0 Å². The van der Waals surface area contributed by atoms with Gasteiger partial charge >= 0.3 is 5.97 Å². The number of halogens is 1. The zero-order valence-corrected chi connectivity index (χ0v) is 19.1. The second kappa shape index (κ2) is 11.6. The molecular formula is C27H29FO6. The van der Waals surface area contributed by atoms with Crippen LogP contribution >= 0.6 is 0 Å². The smallest absolute Gasteiger partial charge is 0.305 e. The van der Waals surface area contributed by atoms with Crippen molar-refractivity contribution in [3.8, 4) is 16.9 Å². The number of carboxylic acids is 1. The first-order valence-electron chi connectivity index (χ1n) is 11.1. The number of ether oxygens (including phenoxy) is 1. The topological polar surface area (TPSA) is 100 Å². The molecule has 0 spiro atoms. The Hall–Kier alpha value is -3.42.